The molecule has 15 heavy (non-hydrogen) atoms. The highest BCUT2D eigenvalue weighted by Gasteiger charge is 2.25. The molecule has 0 aliphatic heterocycles. The van der Waals surface area contributed by atoms with E-state index in [2.05, 4.69) is 4.74 Å². The molecule has 0 aliphatic rings. The summed E-state index contributed by atoms with van der Waals surface area (Å²) in [6, 6.07) is 0. The van der Waals surface area contributed by atoms with Crippen LogP contribution in [0.2, 0.25) is 0 Å². The Kier molecular flexibility index (Phi) is 6.40. The molecular weight excluding hydrogens is 206 g/mol. The maximum absolute atomic E-state index is 11.6. The molecule has 0 unspecified atom stereocenters. The van der Waals surface area contributed by atoms with Gasteiger partial charge in [0.05, 0.1) is 5.41 Å². The van der Waals surface area contributed by atoms with Gasteiger partial charge in [-0.1, -0.05) is 6.42 Å². The van der Waals surface area contributed by atoms with E-state index in [1.807, 2.05) is 0 Å². The molecule has 1 N–H and O–H groups in total. The summed E-state index contributed by atoms with van der Waals surface area (Å²) in [5.41, 5.74) is -0.747. The first kappa shape index (κ1) is 14.3. The molecule has 0 atom stereocenters. The van der Waals surface area contributed by atoms with E-state index in [0.29, 0.717) is 19.3 Å². The molecule has 0 spiro atoms. The zero-order chi connectivity index (χ0) is 11.9. The van der Waals surface area contributed by atoms with Crippen LogP contribution in [-0.4, -0.2) is 30.7 Å². The molecule has 0 saturated heterocycles. The molecule has 3 nitrogen and oxygen atoms in total. The zero-order valence-electron chi connectivity index (χ0n) is 9.13. The number of hydrogen-bond donors (Lipinski definition) is 1. The van der Waals surface area contributed by atoms with Gasteiger partial charge >= 0.3 is 5.97 Å². The molecule has 0 aromatic carbocycles. The molecular formula is C10H18F2O3. The molecule has 0 saturated carbocycles. The van der Waals surface area contributed by atoms with Crippen LogP contribution in [0, 0.1) is 5.41 Å². The lowest BCUT2D eigenvalue weighted by atomic mass is 9.87. The maximum atomic E-state index is 11.6. The van der Waals surface area contributed by atoms with E-state index in [4.69, 9.17) is 5.11 Å². The standard InChI is InChI=1S/C10H18F2O3/c1-10(2,9(13)14)5-3-4-6-15-7-8(11)12/h8H,3-7H2,1-2H3,(H,13,14). The Labute approximate surface area is 88.4 Å². The van der Waals surface area contributed by atoms with E-state index in [1.165, 1.54) is 0 Å². The third kappa shape index (κ3) is 7.25. The zero-order valence-corrected chi connectivity index (χ0v) is 9.13. The van der Waals surface area contributed by atoms with Gasteiger partial charge in [0.2, 0.25) is 0 Å². The minimum absolute atomic E-state index is 0.264. The Balaban J connectivity index is 3.43. The molecule has 90 valence electrons. The van der Waals surface area contributed by atoms with Gasteiger partial charge in [0.15, 0.2) is 0 Å². The van der Waals surface area contributed by atoms with E-state index < -0.39 is 24.4 Å². The molecule has 5 heteroatoms. The highest BCUT2D eigenvalue weighted by Crippen LogP contribution is 2.23. The lowest BCUT2D eigenvalue weighted by molar-refractivity contribution is -0.147. The largest absolute Gasteiger partial charge is 0.481 e. The van der Waals surface area contributed by atoms with E-state index in [9.17, 15) is 13.6 Å². The van der Waals surface area contributed by atoms with Gasteiger partial charge in [-0.3, -0.25) is 4.79 Å². The lowest BCUT2D eigenvalue weighted by Gasteiger charge is -2.18. The smallest absolute Gasteiger partial charge is 0.309 e. The van der Waals surface area contributed by atoms with Crippen molar-refractivity contribution in [3.8, 4) is 0 Å². The van der Waals surface area contributed by atoms with Crippen LogP contribution >= 0.6 is 0 Å². The number of unbranched alkanes of at least 4 members (excludes halogenated alkanes) is 1. The summed E-state index contributed by atoms with van der Waals surface area (Å²) in [4.78, 5) is 10.7. The first-order valence-corrected chi connectivity index (χ1v) is 4.95. The van der Waals surface area contributed by atoms with Crippen molar-refractivity contribution in [2.24, 2.45) is 5.41 Å². The van der Waals surface area contributed by atoms with Gasteiger partial charge in [-0.05, 0) is 26.7 Å². The molecule has 0 radical (unpaired) electrons. The van der Waals surface area contributed by atoms with Crippen molar-refractivity contribution in [1.82, 2.24) is 0 Å². The quantitative estimate of drug-likeness (QED) is 0.644. The molecule has 0 heterocycles. The van der Waals surface area contributed by atoms with E-state index in [-0.39, 0.29) is 6.61 Å². The number of carboxylic acids is 1. The fourth-order valence-electron chi connectivity index (χ4n) is 1.05. The number of carbonyl (C=O) groups is 1. The number of alkyl halides is 2. The summed E-state index contributed by atoms with van der Waals surface area (Å²) >= 11 is 0. The van der Waals surface area contributed by atoms with Crippen LogP contribution in [0.15, 0.2) is 0 Å². The second kappa shape index (κ2) is 6.71. The van der Waals surface area contributed by atoms with Gasteiger partial charge in [-0.15, -0.1) is 0 Å². The van der Waals surface area contributed by atoms with Gasteiger partial charge in [0, 0.05) is 6.61 Å². The Hall–Kier alpha value is -0.710. The molecule has 0 aliphatic carbocycles. The number of carboxylic acid groups (broad SMARTS) is 1. The van der Waals surface area contributed by atoms with Gasteiger partial charge in [0.25, 0.3) is 6.43 Å². The minimum atomic E-state index is -2.43. The van der Waals surface area contributed by atoms with E-state index >= 15 is 0 Å². The van der Waals surface area contributed by atoms with E-state index in [0.717, 1.165) is 0 Å². The van der Waals surface area contributed by atoms with Crippen LogP contribution in [0.5, 0.6) is 0 Å². The summed E-state index contributed by atoms with van der Waals surface area (Å²) in [6.07, 6.45) is -0.618. The average Bonchev–Trinajstić information content (AvgIpc) is 2.10. The normalized spacial score (nSPS) is 12.1. The fraction of sp³-hybridized carbons (Fsp3) is 0.900. The van der Waals surface area contributed by atoms with Crippen molar-refractivity contribution < 1.29 is 23.4 Å². The van der Waals surface area contributed by atoms with Gasteiger partial charge < -0.3 is 9.84 Å². The SMILES string of the molecule is CC(C)(CCCCOCC(F)F)C(=O)O. The topological polar surface area (TPSA) is 46.5 Å². The van der Waals surface area contributed by atoms with Crippen LogP contribution in [0.3, 0.4) is 0 Å². The molecule has 0 fully saturated rings. The van der Waals surface area contributed by atoms with Crippen molar-refractivity contribution >= 4 is 5.97 Å². The van der Waals surface area contributed by atoms with Crippen molar-refractivity contribution in [3.63, 3.8) is 0 Å². The Morgan fingerprint density at radius 3 is 2.47 bits per heavy atom. The molecule has 0 aromatic rings. The lowest BCUT2D eigenvalue weighted by Crippen LogP contribution is -2.23. The number of rotatable bonds is 8. The Bertz CT molecular complexity index is 193. The summed E-state index contributed by atoms with van der Waals surface area (Å²) < 4.78 is 27.9. The third-order valence-corrected chi connectivity index (χ3v) is 2.16. The fourth-order valence-corrected chi connectivity index (χ4v) is 1.05. The number of ether oxygens (including phenoxy) is 1. The van der Waals surface area contributed by atoms with Gasteiger partial charge in [-0.25, -0.2) is 8.78 Å². The molecule has 0 bridgehead atoms. The number of hydrogen-bond acceptors (Lipinski definition) is 2. The summed E-state index contributed by atoms with van der Waals surface area (Å²) in [6.45, 7) is 3.02. The summed E-state index contributed by atoms with van der Waals surface area (Å²) in [5.74, 6) is -0.837. The maximum Gasteiger partial charge on any atom is 0.309 e. The summed E-state index contributed by atoms with van der Waals surface area (Å²) in [7, 11) is 0. The van der Waals surface area contributed by atoms with Crippen LogP contribution in [0.4, 0.5) is 8.78 Å². The first-order chi connectivity index (χ1) is 6.86. The highest BCUT2D eigenvalue weighted by molar-refractivity contribution is 5.73. The second-order valence-corrected chi connectivity index (χ2v) is 4.11. The minimum Gasteiger partial charge on any atom is -0.481 e. The first-order valence-electron chi connectivity index (χ1n) is 4.95. The van der Waals surface area contributed by atoms with Crippen molar-refractivity contribution in [2.45, 2.75) is 39.5 Å². The van der Waals surface area contributed by atoms with Crippen molar-refractivity contribution in [1.29, 1.82) is 0 Å². The van der Waals surface area contributed by atoms with Gasteiger partial charge in [-0.2, -0.15) is 0 Å². The average molecular weight is 224 g/mol. The predicted octanol–water partition coefficient (Wildman–Crippen LogP) is 2.55. The summed E-state index contributed by atoms with van der Waals surface area (Å²) in [5, 5.41) is 8.79. The Morgan fingerprint density at radius 2 is 2.00 bits per heavy atom. The molecule has 0 amide bonds. The molecule has 0 aromatic heterocycles. The van der Waals surface area contributed by atoms with Crippen LogP contribution < -0.4 is 0 Å². The molecule has 0 rings (SSSR count). The monoisotopic (exact) mass is 224 g/mol. The predicted molar refractivity (Wildman–Crippen MR) is 52.1 cm³/mol. The van der Waals surface area contributed by atoms with Crippen LogP contribution in [0.25, 0.3) is 0 Å². The Morgan fingerprint density at radius 1 is 1.40 bits per heavy atom. The number of aliphatic carboxylic acids is 1. The van der Waals surface area contributed by atoms with Crippen molar-refractivity contribution in [2.75, 3.05) is 13.2 Å². The van der Waals surface area contributed by atoms with Crippen molar-refractivity contribution in [3.05, 3.63) is 0 Å². The van der Waals surface area contributed by atoms with Gasteiger partial charge in [0.1, 0.15) is 6.61 Å². The van der Waals surface area contributed by atoms with Crippen LogP contribution in [-0.2, 0) is 9.53 Å². The highest BCUT2D eigenvalue weighted by atomic mass is 19.3. The second-order valence-electron chi connectivity index (χ2n) is 4.11. The number of halogens is 2. The van der Waals surface area contributed by atoms with E-state index in [1.54, 1.807) is 13.8 Å². The van der Waals surface area contributed by atoms with Crippen LogP contribution in [0.1, 0.15) is 33.1 Å². The third-order valence-electron chi connectivity index (χ3n) is 2.16.